The molecule has 3 rings (SSSR count). The summed E-state index contributed by atoms with van der Waals surface area (Å²) in [5.74, 6) is -0.631. The van der Waals surface area contributed by atoms with Gasteiger partial charge in [0.25, 0.3) is 0 Å². The maximum Gasteiger partial charge on any atom is 0.326 e. The first-order chi connectivity index (χ1) is 10.1. The Morgan fingerprint density at radius 1 is 1.43 bits per heavy atom. The smallest absolute Gasteiger partial charge is 0.326 e. The zero-order valence-corrected chi connectivity index (χ0v) is 12.0. The standard InChI is InChI=1S/C15H19N3O3/c1-17-8-10(7-16-17)5-6-13(19)18-9-11-3-2-4-12(11)14(18)15(20)21/h5-8,11-12,14H,2-4,9H2,1H3,(H,20,21)/b6-5+. The molecule has 112 valence electrons. The molecule has 3 unspecified atom stereocenters. The molecule has 6 nitrogen and oxygen atoms in total. The van der Waals surface area contributed by atoms with E-state index in [2.05, 4.69) is 5.10 Å². The summed E-state index contributed by atoms with van der Waals surface area (Å²) in [7, 11) is 1.81. The number of carbonyl (C=O) groups excluding carboxylic acids is 1. The lowest BCUT2D eigenvalue weighted by molar-refractivity contribution is -0.148. The fourth-order valence-electron chi connectivity index (χ4n) is 3.64. The largest absolute Gasteiger partial charge is 0.480 e. The van der Waals surface area contributed by atoms with E-state index < -0.39 is 12.0 Å². The van der Waals surface area contributed by atoms with Gasteiger partial charge in [0.15, 0.2) is 0 Å². The molecule has 1 saturated heterocycles. The lowest BCUT2D eigenvalue weighted by Gasteiger charge is -2.23. The van der Waals surface area contributed by atoms with Gasteiger partial charge in [-0.05, 0) is 30.8 Å². The first kappa shape index (κ1) is 13.9. The van der Waals surface area contributed by atoms with Crippen molar-refractivity contribution in [3.05, 3.63) is 24.0 Å². The molecule has 1 aliphatic carbocycles. The third kappa shape index (κ3) is 2.57. The Hall–Kier alpha value is -2.11. The predicted octanol–water partition coefficient (Wildman–Crippen LogP) is 1.14. The first-order valence-electron chi connectivity index (χ1n) is 7.26. The van der Waals surface area contributed by atoms with Gasteiger partial charge in [-0.1, -0.05) is 6.42 Å². The molecule has 1 aromatic rings. The van der Waals surface area contributed by atoms with E-state index in [0.29, 0.717) is 12.5 Å². The van der Waals surface area contributed by atoms with Crippen molar-refractivity contribution in [3.8, 4) is 0 Å². The van der Waals surface area contributed by atoms with Crippen molar-refractivity contribution in [2.24, 2.45) is 18.9 Å². The number of likely N-dealkylation sites (tertiary alicyclic amines) is 1. The van der Waals surface area contributed by atoms with Crippen LogP contribution in [0.15, 0.2) is 18.5 Å². The van der Waals surface area contributed by atoms with Gasteiger partial charge in [0.05, 0.1) is 6.20 Å². The molecule has 3 atom stereocenters. The molecule has 2 aliphatic rings. The van der Waals surface area contributed by atoms with E-state index in [-0.39, 0.29) is 11.8 Å². The van der Waals surface area contributed by atoms with Crippen LogP contribution in [-0.2, 0) is 16.6 Å². The van der Waals surface area contributed by atoms with E-state index in [9.17, 15) is 14.7 Å². The molecule has 0 aromatic carbocycles. The molecule has 0 spiro atoms. The van der Waals surface area contributed by atoms with Gasteiger partial charge >= 0.3 is 5.97 Å². The molecular formula is C15H19N3O3. The Labute approximate surface area is 123 Å². The number of hydrogen-bond acceptors (Lipinski definition) is 3. The second-order valence-corrected chi connectivity index (χ2v) is 5.91. The van der Waals surface area contributed by atoms with Gasteiger partial charge < -0.3 is 10.0 Å². The van der Waals surface area contributed by atoms with Gasteiger partial charge in [-0.15, -0.1) is 0 Å². The van der Waals surface area contributed by atoms with Crippen molar-refractivity contribution in [1.29, 1.82) is 0 Å². The van der Waals surface area contributed by atoms with Gasteiger partial charge in [0.1, 0.15) is 6.04 Å². The number of amides is 1. The van der Waals surface area contributed by atoms with Crippen LogP contribution in [0.3, 0.4) is 0 Å². The van der Waals surface area contributed by atoms with Gasteiger partial charge in [0.2, 0.25) is 5.91 Å². The van der Waals surface area contributed by atoms with Crippen LogP contribution in [0.25, 0.3) is 6.08 Å². The van der Waals surface area contributed by atoms with Gasteiger partial charge in [-0.25, -0.2) is 4.79 Å². The maximum atomic E-state index is 12.3. The Kier molecular flexibility index (Phi) is 3.53. The summed E-state index contributed by atoms with van der Waals surface area (Å²) < 4.78 is 1.66. The van der Waals surface area contributed by atoms with Crippen LogP contribution >= 0.6 is 0 Å². The lowest BCUT2D eigenvalue weighted by Crippen LogP contribution is -2.42. The van der Waals surface area contributed by atoms with Crippen molar-refractivity contribution < 1.29 is 14.7 Å². The number of carboxylic acids is 1. The van der Waals surface area contributed by atoms with Crippen LogP contribution < -0.4 is 0 Å². The second-order valence-electron chi connectivity index (χ2n) is 5.91. The van der Waals surface area contributed by atoms with E-state index >= 15 is 0 Å². The van der Waals surface area contributed by atoms with Crippen molar-refractivity contribution in [1.82, 2.24) is 14.7 Å². The van der Waals surface area contributed by atoms with Crippen LogP contribution in [0.2, 0.25) is 0 Å². The molecule has 1 N–H and O–H groups in total. The average molecular weight is 289 g/mol. The van der Waals surface area contributed by atoms with Crippen LogP contribution in [0.1, 0.15) is 24.8 Å². The zero-order chi connectivity index (χ0) is 15.0. The number of nitrogens with zero attached hydrogens (tertiary/aromatic N) is 3. The molecule has 1 aliphatic heterocycles. The lowest BCUT2D eigenvalue weighted by atomic mass is 9.94. The van der Waals surface area contributed by atoms with Crippen molar-refractivity contribution >= 4 is 18.0 Å². The molecule has 1 aromatic heterocycles. The third-order valence-corrected chi connectivity index (χ3v) is 4.57. The van der Waals surface area contributed by atoms with Crippen molar-refractivity contribution in [3.63, 3.8) is 0 Å². The fraction of sp³-hybridized carbons (Fsp3) is 0.533. The van der Waals surface area contributed by atoms with Gasteiger partial charge in [-0.3, -0.25) is 9.48 Å². The minimum Gasteiger partial charge on any atom is -0.480 e. The molecule has 0 bridgehead atoms. The van der Waals surface area contributed by atoms with E-state index in [0.717, 1.165) is 24.8 Å². The normalized spacial score (nSPS) is 28.2. The summed E-state index contributed by atoms with van der Waals surface area (Å²) in [6, 6.07) is -0.663. The highest BCUT2D eigenvalue weighted by molar-refractivity contribution is 5.95. The number of rotatable bonds is 3. The molecule has 1 saturated carbocycles. The van der Waals surface area contributed by atoms with Crippen molar-refractivity contribution in [2.45, 2.75) is 25.3 Å². The molecule has 1 amide bonds. The molecular weight excluding hydrogens is 270 g/mol. The highest BCUT2D eigenvalue weighted by atomic mass is 16.4. The van der Waals surface area contributed by atoms with Crippen LogP contribution in [0.4, 0.5) is 0 Å². The topological polar surface area (TPSA) is 75.4 Å². The third-order valence-electron chi connectivity index (χ3n) is 4.57. The summed E-state index contributed by atoms with van der Waals surface area (Å²) in [5, 5.41) is 13.5. The predicted molar refractivity (Wildman–Crippen MR) is 76.2 cm³/mol. The van der Waals surface area contributed by atoms with Crippen LogP contribution in [0, 0.1) is 11.8 Å². The highest BCUT2D eigenvalue weighted by Crippen LogP contribution is 2.42. The summed E-state index contributed by atoms with van der Waals surface area (Å²) in [6.07, 6.45) is 9.62. The van der Waals surface area contributed by atoms with E-state index in [1.165, 1.54) is 11.0 Å². The monoisotopic (exact) mass is 289 g/mol. The quantitative estimate of drug-likeness (QED) is 0.847. The van der Waals surface area contributed by atoms with E-state index in [1.54, 1.807) is 30.2 Å². The SMILES string of the molecule is Cn1cc(/C=C/C(=O)N2CC3CCCC3C2C(=O)O)cn1. The Morgan fingerprint density at radius 3 is 2.90 bits per heavy atom. The van der Waals surface area contributed by atoms with E-state index in [1.807, 2.05) is 0 Å². The fourth-order valence-corrected chi connectivity index (χ4v) is 3.64. The second kappa shape index (κ2) is 5.35. The summed E-state index contributed by atoms with van der Waals surface area (Å²) in [5.41, 5.74) is 0.831. The molecule has 21 heavy (non-hydrogen) atoms. The van der Waals surface area contributed by atoms with E-state index in [4.69, 9.17) is 0 Å². The van der Waals surface area contributed by atoms with Gasteiger partial charge in [0, 0.05) is 31.4 Å². The number of aromatic nitrogens is 2. The number of hydrogen-bond donors (Lipinski definition) is 1. The highest BCUT2D eigenvalue weighted by Gasteiger charge is 2.48. The zero-order valence-electron chi connectivity index (χ0n) is 12.0. The summed E-state index contributed by atoms with van der Waals surface area (Å²) in [6.45, 7) is 0.567. The van der Waals surface area contributed by atoms with Crippen molar-refractivity contribution in [2.75, 3.05) is 6.54 Å². The number of fused-ring (bicyclic) bond motifs is 1. The first-order valence-corrected chi connectivity index (χ1v) is 7.26. The Bertz CT molecular complexity index is 593. The molecule has 6 heteroatoms. The summed E-state index contributed by atoms with van der Waals surface area (Å²) in [4.78, 5) is 25.3. The Balaban J connectivity index is 1.74. The molecule has 0 radical (unpaired) electrons. The molecule has 2 heterocycles. The minimum atomic E-state index is -0.882. The molecule has 2 fully saturated rings. The summed E-state index contributed by atoms with van der Waals surface area (Å²) >= 11 is 0. The van der Waals surface area contributed by atoms with Crippen LogP contribution in [-0.4, -0.2) is 44.3 Å². The van der Waals surface area contributed by atoms with Gasteiger partial charge in [-0.2, -0.15) is 5.10 Å². The maximum absolute atomic E-state index is 12.3. The minimum absolute atomic E-state index is 0.123. The number of aliphatic carboxylic acids is 1. The number of carboxylic acid groups (broad SMARTS) is 1. The Morgan fingerprint density at radius 2 is 2.24 bits per heavy atom. The number of carbonyl (C=O) groups is 2. The van der Waals surface area contributed by atoms with Crippen LogP contribution in [0.5, 0.6) is 0 Å². The average Bonchev–Trinajstić information content (AvgIpc) is 3.09. The number of aryl methyl sites for hydroxylation is 1.